The summed E-state index contributed by atoms with van der Waals surface area (Å²) >= 11 is 6.96. The summed E-state index contributed by atoms with van der Waals surface area (Å²) in [6.07, 6.45) is 1.54. The van der Waals surface area contributed by atoms with Gasteiger partial charge in [0.25, 0.3) is 0 Å². The van der Waals surface area contributed by atoms with Crippen molar-refractivity contribution in [1.82, 2.24) is 5.43 Å². The summed E-state index contributed by atoms with van der Waals surface area (Å²) in [5.74, 6) is 1.21. The topological polar surface area (TPSA) is 72.0 Å². The van der Waals surface area contributed by atoms with Crippen LogP contribution in [-0.4, -0.2) is 18.9 Å². The van der Waals surface area contributed by atoms with Crippen molar-refractivity contribution in [2.75, 3.05) is 11.9 Å². The zero-order chi connectivity index (χ0) is 22.9. The van der Waals surface area contributed by atoms with Gasteiger partial charge in [-0.1, -0.05) is 45.8 Å². The fourth-order valence-electron chi connectivity index (χ4n) is 2.73. The van der Waals surface area contributed by atoms with Crippen molar-refractivity contribution in [2.45, 2.75) is 20.5 Å². The zero-order valence-corrected chi connectivity index (χ0v) is 20.9. The molecule has 6 nitrogen and oxygen atoms in total. The molecule has 3 aromatic carbocycles. The monoisotopic (exact) mass is 559 g/mol. The van der Waals surface area contributed by atoms with Crippen molar-refractivity contribution >= 4 is 49.8 Å². The largest absolute Gasteiger partial charge is 0.490 e. The molecule has 8 heteroatoms. The lowest BCUT2D eigenvalue weighted by Gasteiger charge is -2.14. The van der Waals surface area contributed by atoms with Crippen molar-refractivity contribution in [1.29, 1.82) is 0 Å². The molecular formula is C24H23Br2N3O3. The summed E-state index contributed by atoms with van der Waals surface area (Å²) in [5.41, 5.74) is 6.05. The Kier molecular flexibility index (Phi) is 8.70. The van der Waals surface area contributed by atoms with E-state index in [4.69, 9.17) is 9.47 Å². The molecule has 0 aromatic heterocycles. The summed E-state index contributed by atoms with van der Waals surface area (Å²) < 4.78 is 13.5. The molecule has 0 aliphatic heterocycles. The fourth-order valence-corrected chi connectivity index (χ4v) is 3.42. The van der Waals surface area contributed by atoms with E-state index in [-0.39, 0.29) is 0 Å². The Hall–Kier alpha value is -2.84. The Labute approximate surface area is 204 Å². The second-order valence-corrected chi connectivity index (χ2v) is 8.63. The zero-order valence-electron chi connectivity index (χ0n) is 17.7. The third-order valence-electron chi connectivity index (χ3n) is 4.35. The number of nitrogens with zero attached hydrogens (tertiary/aromatic N) is 1. The van der Waals surface area contributed by atoms with Crippen molar-refractivity contribution in [3.8, 4) is 11.5 Å². The van der Waals surface area contributed by atoms with Crippen molar-refractivity contribution in [3.05, 3.63) is 86.3 Å². The molecule has 0 bridgehead atoms. The quantitative estimate of drug-likeness (QED) is 0.239. The Balaban J connectivity index is 1.65. The van der Waals surface area contributed by atoms with Gasteiger partial charge in [0.15, 0.2) is 11.5 Å². The molecular weight excluding hydrogens is 538 g/mol. The van der Waals surface area contributed by atoms with Crippen LogP contribution in [0.25, 0.3) is 0 Å². The molecule has 0 aliphatic carbocycles. The number of ether oxygens (including phenoxy) is 2. The summed E-state index contributed by atoms with van der Waals surface area (Å²) in [7, 11) is 0. The maximum absolute atomic E-state index is 12.0. The van der Waals surface area contributed by atoms with E-state index in [1.807, 2.05) is 74.5 Å². The minimum absolute atomic E-state index is 0.411. The van der Waals surface area contributed by atoms with Crippen LogP contribution in [0.5, 0.6) is 11.5 Å². The van der Waals surface area contributed by atoms with Gasteiger partial charge in [-0.3, -0.25) is 0 Å². The van der Waals surface area contributed by atoms with Gasteiger partial charge in [0.1, 0.15) is 6.61 Å². The van der Waals surface area contributed by atoms with Gasteiger partial charge in [-0.2, -0.15) is 5.10 Å². The van der Waals surface area contributed by atoms with E-state index in [1.54, 1.807) is 6.21 Å². The van der Waals surface area contributed by atoms with Gasteiger partial charge < -0.3 is 14.8 Å². The minimum Gasteiger partial charge on any atom is -0.490 e. The first-order valence-corrected chi connectivity index (χ1v) is 11.5. The molecule has 0 unspecified atom stereocenters. The van der Waals surface area contributed by atoms with Gasteiger partial charge in [0.05, 0.1) is 12.8 Å². The molecule has 0 fully saturated rings. The highest BCUT2D eigenvalue weighted by molar-refractivity contribution is 9.10. The van der Waals surface area contributed by atoms with E-state index in [0.29, 0.717) is 30.4 Å². The standard InChI is InChI=1S/C24H23Br2N3O3/c1-3-31-22-12-18(14-27-29-24(30)28-20-10-4-16(2)5-11-20)21(26)13-23(22)32-15-17-6-8-19(25)9-7-17/h4-14H,3,15H2,1-2H3,(H2,28,29,30)/b27-14-. The number of rotatable bonds is 8. The molecule has 3 aromatic rings. The summed E-state index contributed by atoms with van der Waals surface area (Å²) in [4.78, 5) is 12.0. The normalized spacial score (nSPS) is 10.8. The van der Waals surface area contributed by atoms with Crippen LogP contribution in [0.3, 0.4) is 0 Å². The van der Waals surface area contributed by atoms with Crippen molar-refractivity contribution in [2.24, 2.45) is 5.10 Å². The second-order valence-electron chi connectivity index (χ2n) is 6.86. The number of benzene rings is 3. The van der Waals surface area contributed by atoms with Gasteiger partial charge in [0, 0.05) is 20.2 Å². The Morgan fingerprint density at radius 1 is 1.00 bits per heavy atom. The van der Waals surface area contributed by atoms with Crippen LogP contribution in [0.4, 0.5) is 10.5 Å². The first kappa shape index (κ1) is 23.8. The highest BCUT2D eigenvalue weighted by atomic mass is 79.9. The molecule has 2 N–H and O–H groups in total. The molecule has 166 valence electrons. The van der Waals surface area contributed by atoms with Crippen LogP contribution in [0.2, 0.25) is 0 Å². The van der Waals surface area contributed by atoms with Crippen LogP contribution in [-0.2, 0) is 6.61 Å². The van der Waals surface area contributed by atoms with Crippen LogP contribution in [0.1, 0.15) is 23.6 Å². The van der Waals surface area contributed by atoms with E-state index in [0.717, 1.165) is 25.6 Å². The summed E-state index contributed by atoms with van der Waals surface area (Å²) in [6, 6.07) is 18.6. The number of halogens is 2. The van der Waals surface area contributed by atoms with Gasteiger partial charge in [-0.25, -0.2) is 10.2 Å². The minimum atomic E-state index is -0.430. The molecule has 0 aliphatic rings. The van der Waals surface area contributed by atoms with Gasteiger partial charge in [-0.05, 0) is 71.7 Å². The lowest BCUT2D eigenvalue weighted by atomic mass is 10.2. The summed E-state index contributed by atoms with van der Waals surface area (Å²) in [6.45, 7) is 4.79. The Morgan fingerprint density at radius 2 is 1.69 bits per heavy atom. The number of carbonyl (C=O) groups is 1. The third-order valence-corrected chi connectivity index (χ3v) is 5.57. The fraction of sp³-hybridized carbons (Fsp3) is 0.167. The van der Waals surface area contributed by atoms with Crippen LogP contribution >= 0.6 is 31.9 Å². The van der Waals surface area contributed by atoms with E-state index in [9.17, 15) is 4.79 Å². The Bertz CT molecular complexity index is 1080. The molecule has 3 rings (SSSR count). The summed E-state index contributed by atoms with van der Waals surface area (Å²) in [5, 5.41) is 6.75. The van der Waals surface area contributed by atoms with Crippen LogP contribution in [0.15, 0.2) is 74.7 Å². The molecule has 0 saturated carbocycles. The number of amides is 2. The predicted molar refractivity (Wildman–Crippen MR) is 135 cm³/mol. The first-order chi connectivity index (χ1) is 15.4. The molecule has 32 heavy (non-hydrogen) atoms. The van der Waals surface area contributed by atoms with Crippen molar-refractivity contribution in [3.63, 3.8) is 0 Å². The number of hydrazone groups is 1. The van der Waals surface area contributed by atoms with Gasteiger partial charge in [-0.15, -0.1) is 0 Å². The molecule has 0 atom stereocenters. The van der Waals surface area contributed by atoms with Crippen LogP contribution in [0, 0.1) is 6.92 Å². The number of anilines is 1. The average molecular weight is 561 g/mol. The molecule has 0 spiro atoms. The lowest BCUT2D eigenvalue weighted by molar-refractivity contribution is 0.252. The van der Waals surface area contributed by atoms with E-state index >= 15 is 0 Å². The highest BCUT2D eigenvalue weighted by Gasteiger charge is 2.11. The number of nitrogens with one attached hydrogen (secondary N) is 2. The SMILES string of the molecule is CCOc1cc(/C=N\NC(=O)Nc2ccc(C)cc2)c(Br)cc1OCc1ccc(Br)cc1. The van der Waals surface area contributed by atoms with Gasteiger partial charge in [0.2, 0.25) is 0 Å². The van der Waals surface area contributed by atoms with E-state index in [2.05, 4.69) is 47.7 Å². The average Bonchev–Trinajstić information content (AvgIpc) is 2.77. The smallest absolute Gasteiger partial charge is 0.339 e. The number of aryl methyl sites for hydroxylation is 1. The van der Waals surface area contributed by atoms with E-state index < -0.39 is 6.03 Å². The highest BCUT2D eigenvalue weighted by Crippen LogP contribution is 2.34. The predicted octanol–water partition coefficient (Wildman–Crippen LogP) is 6.65. The lowest BCUT2D eigenvalue weighted by Crippen LogP contribution is -2.24. The van der Waals surface area contributed by atoms with E-state index in [1.165, 1.54) is 0 Å². The Morgan fingerprint density at radius 3 is 2.38 bits per heavy atom. The maximum atomic E-state index is 12.0. The molecule has 0 heterocycles. The maximum Gasteiger partial charge on any atom is 0.339 e. The van der Waals surface area contributed by atoms with Gasteiger partial charge >= 0.3 is 6.03 Å². The van der Waals surface area contributed by atoms with Crippen molar-refractivity contribution < 1.29 is 14.3 Å². The molecule has 0 saturated heterocycles. The number of urea groups is 1. The molecule has 2 amide bonds. The molecule has 0 radical (unpaired) electrons. The number of hydrogen-bond donors (Lipinski definition) is 2. The second kappa shape index (κ2) is 11.7. The number of carbonyl (C=O) groups excluding carboxylic acids is 1. The first-order valence-electron chi connectivity index (χ1n) is 9.95. The van der Waals surface area contributed by atoms with Crippen LogP contribution < -0.4 is 20.2 Å². The number of hydrogen-bond acceptors (Lipinski definition) is 4. The third kappa shape index (κ3) is 7.10.